The summed E-state index contributed by atoms with van der Waals surface area (Å²) in [5.74, 6) is 2.97. The van der Waals surface area contributed by atoms with Gasteiger partial charge in [-0.15, -0.1) is 0 Å². The van der Waals surface area contributed by atoms with Gasteiger partial charge in [0, 0.05) is 26.1 Å². The molecular formula is C15H29N5O. The Morgan fingerprint density at radius 2 is 2.10 bits per heavy atom. The van der Waals surface area contributed by atoms with Gasteiger partial charge in [0.2, 0.25) is 5.89 Å². The van der Waals surface area contributed by atoms with Gasteiger partial charge in [-0.25, -0.2) is 0 Å². The quantitative estimate of drug-likeness (QED) is 0.415. The van der Waals surface area contributed by atoms with Crippen molar-refractivity contribution in [3.05, 3.63) is 11.7 Å². The lowest BCUT2D eigenvalue weighted by atomic mass is 10.1. The number of unbranched alkanes of at least 4 members (excludes halogenated alkanes) is 1. The van der Waals surface area contributed by atoms with E-state index in [0.717, 1.165) is 37.9 Å². The first-order chi connectivity index (χ1) is 10.1. The van der Waals surface area contributed by atoms with Crippen molar-refractivity contribution in [2.45, 2.75) is 53.4 Å². The zero-order valence-electron chi connectivity index (χ0n) is 13.8. The van der Waals surface area contributed by atoms with Crippen LogP contribution in [0.3, 0.4) is 0 Å². The Morgan fingerprint density at radius 1 is 1.29 bits per heavy atom. The van der Waals surface area contributed by atoms with E-state index in [1.807, 2.05) is 6.92 Å². The fourth-order valence-electron chi connectivity index (χ4n) is 1.93. The van der Waals surface area contributed by atoms with Crippen LogP contribution in [0.4, 0.5) is 0 Å². The maximum Gasteiger partial charge on any atom is 0.228 e. The number of guanidine groups is 1. The molecule has 0 aromatic carbocycles. The summed E-state index contributed by atoms with van der Waals surface area (Å²) in [5, 5.41) is 10.3. The minimum atomic E-state index is 0.660. The zero-order chi connectivity index (χ0) is 15.5. The third-order valence-corrected chi connectivity index (χ3v) is 3.00. The van der Waals surface area contributed by atoms with Crippen molar-refractivity contribution in [3.8, 4) is 0 Å². The normalized spacial score (nSPS) is 12.0. The van der Waals surface area contributed by atoms with Gasteiger partial charge in [-0.2, -0.15) is 4.98 Å². The molecule has 1 aromatic rings. The van der Waals surface area contributed by atoms with Crippen molar-refractivity contribution in [2.75, 3.05) is 19.6 Å². The molecule has 0 saturated heterocycles. The van der Waals surface area contributed by atoms with Crippen LogP contribution in [0.5, 0.6) is 0 Å². The number of nitrogens with zero attached hydrogens (tertiary/aromatic N) is 3. The zero-order valence-corrected chi connectivity index (χ0v) is 13.8. The number of rotatable bonds is 9. The van der Waals surface area contributed by atoms with E-state index < -0.39 is 0 Å². The van der Waals surface area contributed by atoms with Gasteiger partial charge in [0.05, 0.1) is 0 Å². The summed E-state index contributed by atoms with van der Waals surface area (Å²) in [7, 11) is 0. The maximum atomic E-state index is 5.08. The van der Waals surface area contributed by atoms with E-state index >= 15 is 0 Å². The van der Waals surface area contributed by atoms with Gasteiger partial charge in [0.25, 0.3) is 0 Å². The van der Waals surface area contributed by atoms with E-state index in [4.69, 9.17) is 4.52 Å². The SMILES string of the molecule is CCNC(=NCCCCC(C)C)NCCc1nc(C)no1. The lowest BCUT2D eigenvalue weighted by Crippen LogP contribution is -2.38. The highest BCUT2D eigenvalue weighted by Gasteiger charge is 2.03. The molecule has 120 valence electrons. The lowest BCUT2D eigenvalue weighted by molar-refractivity contribution is 0.374. The number of hydrogen-bond acceptors (Lipinski definition) is 4. The van der Waals surface area contributed by atoms with Gasteiger partial charge in [-0.3, -0.25) is 4.99 Å². The Balaban J connectivity index is 2.24. The van der Waals surface area contributed by atoms with Crippen molar-refractivity contribution in [3.63, 3.8) is 0 Å². The summed E-state index contributed by atoms with van der Waals surface area (Å²) in [5.41, 5.74) is 0. The van der Waals surface area contributed by atoms with Crippen molar-refractivity contribution < 1.29 is 4.52 Å². The number of hydrogen-bond donors (Lipinski definition) is 2. The van der Waals surface area contributed by atoms with E-state index in [0.29, 0.717) is 18.1 Å². The minimum absolute atomic E-state index is 0.660. The van der Waals surface area contributed by atoms with Crippen LogP contribution in [0.1, 0.15) is 51.7 Å². The van der Waals surface area contributed by atoms with E-state index in [1.165, 1.54) is 12.8 Å². The van der Waals surface area contributed by atoms with Crippen LogP contribution in [-0.4, -0.2) is 35.7 Å². The molecule has 0 aliphatic carbocycles. The van der Waals surface area contributed by atoms with Gasteiger partial charge >= 0.3 is 0 Å². The standard InChI is InChI=1S/C15H29N5O/c1-5-16-15(17-10-7-6-8-12(2)3)18-11-9-14-19-13(4)20-21-14/h12H,5-11H2,1-4H3,(H2,16,17,18). The summed E-state index contributed by atoms with van der Waals surface area (Å²) in [6.45, 7) is 10.9. The summed E-state index contributed by atoms with van der Waals surface area (Å²) in [6.07, 6.45) is 4.36. The molecule has 0 atom stereocenters. The van der Waals surface area contributed by atoms with Gasteiger partial charge < -0.3 is 15.2 Å². The molecule has 1 rings (SSSR count). The van der Waals surface area contributed by atoms with Crippen LogP contribution in [0, 0.1) is 12.8 Å². The monoisotopic (exact) mass is 295 g/mol. The Hall–Kier alpha value is -1.59. The van der Waals surface area contributed by atoms with Crippen molar-refractivity contribution >= 4 is 5.96 Å². The largest absolute Gasteiger partial charge is 0.357 e. The molecule has 0 saturated carbocycles. The van der Waals surface area contributed by atoms with E-state index in [1.54, 1.807) is 0 Å². The second-order valence-corrected chi connectivity index (χ2v) is 5.56. The molecule has 6 nitrogen and oxygen atoms in total. The first-order valence-corrected chi connectivity index (χ1v) is 7.93. The van der Waals surface area contributed by atoms with Gasteiger partial charge in [-0.05, 0) is 26.2 Å². The highest BCUT2D eigenvalue weighted by molar-refractivity contribution is 5.79. The summed E-state index contributed by atoms with van der Waals surface area (Å²) in [4.78, 5) is 8.75. The highest BCUT2D eigenvalue weighted by Crippen LogP contribution is 2.05. The molecule has 1 aromatic heterocycles. The van der Waals surface area contributed by atoms with Crippen molar-refractivity contribution in [1.29, 1.82) is 0 Å². The van der Waals surface area contributed by atoms with Crippen LogP contribution in [0.15, 0.2) is 9.52 Å². The van der Waals surface area contributed by atoms with Crippen LogP contribution in [0.25, 0.3) is 0 Å². The molecule has 0 aliphatic heterocycles. The number of aryl methyl sites for hydroxylation is 1. The molecule has 21 heavy (non-hydrogen) atoms. The van der Waals surface area contributed by atoms with Crippen molar-refractivity contribution in [1.82, 2.24) is 20.8 Å². The number of nitrogens with one attached hydrogen (secondary N) is 2. The maximum absolute atomic E-state index is 5.08. The topological polar surface area (TPSA) is 75.3 Å². The van der Waals surface area contributed by atoms with Crippen LogP contribution < -0.4 is 10.6 Å². The molecule has 0 amide bonds. The van der Waals surface area contributed by atoms with E-state index in [2.05, 4.69) is 46.5 Å². The minimum Gasteiger partial charge on any atom is -0.357 e. The second kappa shape index (κ2) is 10.2. The van der Waals surface area contributed by atoms with Crippen LogP contribution in [0.2, 0.25) is 0 Å². The fraction of sp³-hybridized carbons (Fsp3) is 0.800. The molecule has 0 spiro atoms. The first-order valence-electron chi connectivity index (χ1n) is 7.93. The molecule has 0 bridgehead atoms. The van der Waals surface area contributed by atoms with Crippen LogP contribution >= 0.6 is 0 Å². The number of aliphatic imine (C=N–C) groups is 1. The molecule has 0 radical (unpaired) electrons. The Kier molecular flexibility index (Phi) is 8.47. The smallest absolute Gasteiger partial charge is 0.228 e. The predicted octanol–water partition coefficient (Wildman–Crippen LogP) is 2.30. The summed E-state index contributed by atoms with van der Waals surface area (Å²) < 4.78 is 5.08. The van der Waals surface area contributed by atoms with Gasteiger partial charge in [-0.1, -0.05) is 31.8 Å². The fourth-order valence-corrected chi connectivity index (χ4v) is 1.93. The molecule has 0 fully saturated rings. The number of aromatic nitrogens is 2. The molecule has 2 N–H and O–H groups in total. The molecule has 6 heteroatoms. The highest BCUT2D eigenvalue weighted by atomic mass is 16.5. The summed E-state index contributed by atoms with van der Waals surface area (Å²) in [6, 6.07) is 0. The molecule has 0 unspecified atom stereocenters. The lowest BCUT2D eigenvalue weighted by Gasteiger charge is -2.10. The molecule has 1 heterocycles. The second-order valence-electron chi connectivity index (χ2n) is 5.56. The van der Waals surface area contributed by atoms with Gasteiger partial charge in [0.1, 0.15) is 0 Å². The molecular weight excluding hydrogens is 266 g/mol. The molecule has 0 aliphatic rings. The van der Waals surface area contributed by atoms with Gasteiger partial charge in [0.15, 0.2) is 11.8 Å². The average Bonchev–Trinajstić information content (AvgIpc) is 2.83. The first kappa shape index (κ1) is 17.5. The van der Waals surface area contributed by atoms with Crippen LogP contribution in [-0.2, 0) is 6.42 Å². The summed E-state index contributed by atoms with van der Waals surface area (Å²) >= 11 is 0. The third kappa shape index (κ3) is 8.32. The van der Waals surface area contributed by atoms with Crippen molar-refractivity contribution in [2.24, 2.45) is 10.9 Å². The Bertz CT molecular complexity index is 414. The predicted molar refractivity (Wildman–Crippen MR) is 85.4 cm³/mol. The van der Waals surface area contributed by atoms with E-state index in [9.17, 15) is 0 Å². The average molecular weight is 295 g/mol. The Labute approximate surface area is 127 Å². The Morgan fingerprint density at radius 3 is 2.71 bits per heavy atom. The van der Waals surface area contributed by atoms with E-state index in [-0.39, 0.29) is 0 Å². The third-order valence-electron chi connectivity index (χ3n) is 3.00.